The fraction of sp³-hybridized carbons (Fsp3) is 0.385. The van der Waals surface area contributed by atoms with Crippen LogP contribution in [0.15, 0.2) is 18.2 Å². The van der Waals surface area contributed by atoms with Gasteiger partial charge < -0.3 is 16.0 Å². The molecule has 5 nitrogen and oxygen atoms in total. The molecule has 1 aromatic carbocycles. The number of carbonyl (C=O) groups excluding carboxylic acids is 2. The first kappa shape index (κ1) is 13.7. The molecule has 0 aromatic heterocycles. The van der Waals surface area contributed by atoms with Gasteiger partial charge in [-0.2, -0.15) is 0 Å². The van der Waals surface area contributed by atoms with E-state index in [9.17, 15) is 9.59 Å². The summed E-state index contributed by atoms with van der Waals surface area (Å²) in [6.45, 7) is 0.509. The zero-order valence-electron chi connectivity index (χ0n) is 10.6. The number of nitrogen functional groups attached to an aromatic ring is 1. The Labute approximate surface area is 116 Å². The lowest BCUT2D eigenvalue weighted by molar-refractivity contribution is -0.132. The maximum atomic E-state index is 12.2. The summed E-state index contributed by atoms with van der Waals surface area (Å²) in [5.74, 6) is -0.196. The molecule has 2 amide bonds. The molecule has 1 aromatic rings. The van der Waals surface area contributed by atoms with E-state index in [1.807, 2.05) is 0 Å². The second kappa shape index (κ2) is 5.48. The van der Waals surface area contributed by atoms with Crippen molar-refractivity contribution in [2.24, 2.45) is 0 Å². The Morgan fingerprint density at radius 2 is 2.26 bits per heavy atom. The number of halogens is 1. The minimum Gasteiger partial charge on any atom is -0.398 e. The predicted octanol–water partition coefficient (Wildman–Crippen LogP) is 1.27. The second-order valence-corrected chi connectivity index (χ2v) is 5.09. The molecule has 3 N–H and O–H groups in total. The minimum absolute atomic E-state index is 0.0640. The summed E-state index contributed by atoms with van der Waals surface area (Å²) < 4.78 is 0. The average Bonchev–Trinajstić information content (AvgIpc) is 2.33. The highest BCUT2D eigenvalue weighted by molar-refractivity contribution is 6.34. The molecule has 0 radical (unpaired) electrons. The van der Waals surface area contributed by atoms with Crippen molar-refractivity contribution in [3.8, 4) is 0 Å². The number of amides is 2. The van der Waals surface area contributed by atoms with Gasteiger partial charge in [-0.3, -0.25) is 9.59 Å². The van der Waals surface area contributed by atoms with Crippen LogP contribution in [0.3, 0.4) is 0 Å². The number of carbonyl (C=O) groups is 2. The lowest BCUT2D eigenvalue weighted by Gasteiger charge is -2.30. The first-order valence-corrected chi connectivity index (χ1v) is 6.45. The van der Waals surface area contributed by atoms with E-state index in [-0.39, 0.29) is 17.9 Å². The summed E-state index contributed by atoms with van der Waals surface area (Å²) in [4.78, 5) is 25.2. The number of nitrogens with one attached hydrogen (secondary N) is 1. The van der Waals surface area contributed by atoms with Crippen LogP contribution >= 0.6 is 11.6 Å². The van der Waals surface area contributed by atoms with Crippen LogP contribution in [0.4, 0.5) is 5.69 Å². The Hall–Kier alpha value is -1.75. The Morgan fingerprint density at radius 1 is 1.53 bits per heavy atom. The van der Waals surface area contributed by atoms with E-state index in [4.69, 9.17) is 17.3 Å². The SMILES string of the molecule is CN1CC(NC(=O)c2c(N)cccc2Cl)CCC1=O. The maximum absolute atomic E-state index is 12.2. The molecule has 0 spiro atoms. The van der Waals surface area contributed by atoms with Crippen LogP contribution < -0.4 is 11.1 Å². The maximum Gasteiger partial charge on any atom is 0.255 e. The quantitative estimate of drug-likeness (QED) is 0.802. The molecule has 2 rings (SSSR count). The molecule has 1 heterocycles. The largest absolute Gasteiger partial charge is 0.398 e. The average molecular weight is 282 g/mol. The molecule has 1 fully saturated rings. The molecule has 0 saturated carbocycles. The highest BCUT2D eigenvalue weighted by atomic mass is 35.5. The van der Waals surface area contributed by atoms with Crippen LogP contribution in [-0.4, -0.2) is 36.3 Å². The molecule has 6 heteroatoms. The van der Waals surface area contributed by atoms with Gasteiger partial charge in [-0.05, 0) is 18.6 Å². The highest BCUT2D eigenvalue weighted by Gasteiger charge is 2.25. The Bertz CT molecular complexity index is 498. The zero-order chi connectivity index (χ0) is 14.0. The number of likely N-dealkylation sites (N-methyl/N-ethyl adjacent to an activating group) is 1. The monoisotopic (exact) mass is 281 g/mol. The molecule has 19 heavy (non-hydrogen) atoms. The van der Waals surface area contributed by atoms with E-state index < -0.39 is 0 Å². The van der Waals surface area contributed by atoms with E-state index in [1.54, 1.807) is 30.1 Å². The predicted molar refractivity (Wildman–Crippen MR) is 74.0 cm³/mol. The number of nitrogens with two attached hydrogens (primary N) is 1. The Balaban J connectivity index is 2.08. The third kappa shape index (κ3) is 2.98. The van der Waals surface area contributed by atoms with Crippen molar-refractivity contribution in [1.29, 1.82) is 0 Å². The Morgan fingerprint density at radius 3 is 2.89 bits per heavy atom. The van der Waals surface area contributed by atoms with E-state index in [0.29, 0.717) is 35.7 Å². The van der Waals surface area contributed by atoms with Crippen LogP contribution in [0, 0.1) is 0 Å². The summed E-state index contributed by atoms with van der Waals surface area (Å²) >= 11 is 5.99. The first-order chi connectivity index (χ1) is 8.99. The third-order valence-electron chi connectivity index (χ3n) is 3.23. The molecule has 1 saturated heterocycles. The van der Waals surface area contributed by atoms with Crippen molar-refractivity contribution in [1.82, 2.24) is 10.2 Å². The topological polar surface area (TPSA) is 75.4 Å². The van der Waals surface area contributed by atoms with Gasteiger partial charge in [0.05, 0.1) is 10.6 Å². The van der Waals surface area contributed by atoms with Gasteiger partial charge in [0.2, 0.25) is 5.91 Å². The van der Waals surface area contributed by atoms with Gasteiger partial charge in [0.25, 0.3) is 5.91 Å². The fourth-order valence-electron chi connectivity index (χ4n) is 2.17. The molecule has 0 aliphatic carbocycles. The third-order valence-corrected chi connectivity index (χ3v) is 3.55. The van der Waals surface area contributed by atoms with Crippen molar-refractivity contribution in [2.75, 3.05) is 19.3 Å². The molecule has 1 unspecified atom stereocenters. The summed E-state index contributed by atoms with van der Waals surface area (Å²) in [6, 6.07) is 4.90. The number of hydrogen-bond acceptors (Lipinski definition) is 3. The summed E-state index contributed by atoms with van der Waals surface area (Å²) in [7, 11) is 1.73. The van der Waals surface area contributed by atoms with Crippen LogP contribution in [0.25, 0.3) is 0 Å². The van der Waals surface area contributed by atoms with Crippen LogP contribution in [0.2, 0.25) is 5.02 Å². The van der Waals surface area contributed by atoms with Crippen molar-refractivity contribution in [3.63, 3.8) is 0 Å². The molecular formula is C13H16ClN3O2. The van der Waals surface area contributed by atoms with Gasteiger partial charge in [-0.25, -0.2) is 0 Å². The number of anilines is 1. The number of hydrogen-bond donors (Lipinski definition) is 2. The van der Waals surface area contributed by atoms with Gasteiger partial charge in [0, 0.05) is 31.7 Å². The Kier molecular flexibility index (Phi) is 3.95. The number of likely N-dealkylation sites (tertiary alicyclic amines) is 1. The fourth-order valence-corrected chi connectivity index (χ4v) is 2.44. The van der Waals surface area contributed by atoms with Crippen LogP contribution in [0.1, 0.15) is 23.2 Å². The van der Waals surface area contributed by atoms with E-state index in [0.717, 1.165) is 0 Å². The van der Waals surface area contributed by atoms with Crippen molar-refractivity contribution < 1.29 is 9.59 Å². The van der Waals surface area contributed by atoms with Crippen molar-refractivity contribution >= 4 is 29.1 Å². The molecule has 0 bridgehead atoms. The first-order valence-electron chi connectivity index (χ1n) is 6.08. The lowest BCUT2D eigenvalue weighted by atomic mass is 10.0. The van der Waals surface area contributed by atoms with Gasteiger partial charge in [0.1, 0.15) is 0 Å². The number of benzene rings is 1. The molecule has 1 aliphatic rings. The molecule has 1 aliphatic heterocycles. The van der Waals surface area contributed by atoms with E-state index in [2.05, 4.69) is 5.32 Å². The van der Waals surface area contributed by atoms with Crippen molar-refractivity contribution in [3.05, 3.63) is 28.8 Å². The van der Waals surface area contributed by atoms with Gasteiger partial charge >= 0.3 is 0 Å². The van der Waals surface area contributed by atoms with Gasteiger partial charge in [-0.15, -0.1) is 0 Å². The van der Waals surface area contributed by atoms with E-state index in [1.165, 1.54) is 0 Å². The number of piperidine rings is 1. The molecular weight excluding hydrogens is 266 g/mol. The van der Waals surface area contributed by atoms with Crippen LogP contribution in [0.5, 0.6) is 0 Å². The summed E-state index contributed by atoms with van der Waals surface area (Å²) in [5.41, 5.74) is 6.41. The van der Waals surface area contributed by atoms with Gasteiger partial charge in [-0.1, -0.05) is 17.7 Å². The highest BCUT2D eigenvalue weighted by Crippen LogP contribution is 2.22. The van der Waals surface area contributed by atoms with E-state index >= 15 is 0 Å². The second-order valence-electron chi connectivity index (χ2n) is 4.69. The minimum atomic E-state index is -0.296. The smallest absolute Gasteiger partial charge is 0.255 e. The lowest BCUT2D eigenvalue weighted by Crippen LogP contribution is -2.48. The van der Waals surface area contributed by atoms with Gasteiger partial charge in [0.15, 0.2) is 0 Å². The number of rotatable bonds is 2. The van der Waals surface area contributed by atoms with Crippen molar-refractivity contribution in [2.45, 2.75) is 18.9 Å². The zero-order valence-corrected chi connectivity index (χ0v) is 11.4. The van der Waals surface area contributed by atoms with Crippen LogP contribution in [-0.2, 0) is 4.79 Å². The molecule has 102 valence electrons. The standard InChI is InChI=1S/C13H16ClN3O2/c1-17-7-8(5-6-11(17)18)16-13(19)12-9(14)3-2-4-10(12)15/h2-4,8H,5-7,15H2,1H3,(H,16,19). The normalized spacial score (nSPS) is 19.4. The molecule has 1 atom stereocenters. The number of nitrogens with zero attached hydrogens (tertiary/aromatic N) is 1. The summed E-state index contributed by atoms with van der Waals surface area (Å²) in [5, 5.41) is 3.20. The summed E-state index contributed by atoms with van der Waals surface area (Å²) in [6.07, 6.45) is 1.08.